The van der Waals surface area contributed by atoms with Gasteiger partial charge >= 0.3 is 0 Å². The van der Waals surface area contributed by atoms with E-state index in [1.54, 1.807) is 0 Å². The molecule has 2 rings (SSSR count). The Bertz CT molecular complexity index is 507. The molecule has 78 valence electrons. The number of aromatic nitrogens is 1. The first-order valence-electron chi connectivity index (χ1n) is 4.29. The Labute approximate surface area is 103 Å². The highest BCUT2D eigenvalue weighted by Gasteiger charge is 2.12. The number of Topliss-reactive ketones (excluding diaryl/α,β-unsaturated/α-hetero) is 1. The quantitative estimate of drug-likeness (QED) is 0.639. The summed E-state index contributed by atoms with van der Waals surface area (Å²) >= 11 is 6.44. The number of alkyl halides is 2. The predicted octanol–water partition coefficient (Wildman–Crippen LogP) is 3.30. The van der Waals surface area contributed by atoms with Crippen molar-refractivity contribution in [2.24, 2.45) is 0 Å². The lowest BCUT2D eigenvalue weighted by Crippen LogP contribution is -1.99. The molecular weight excluding hydrogens is 326 g/mol. The van der Waals surface area contributed by atoms with Gasteiger partial charge in [0.15, 0.2) is 5.58 Å². The molecule has 0 radical (unpaired) electrons. The number of halogens is 2. The molecule has 1 aromatic heterocycles. The van der Waals surface area contributed by atoms with Crippen LogP contribution in [0.3, 0.4) is 0 Å². The molecule has 0 saturated carbocycles. The van der Waals surface area contributed by atoms with Gasteiger partial charge in [-0.1, -0.05) is 37.9 Å². The molecule has 2 aromatic rings. The van der Waals surface area contributed by atoms with Gasteiger partial charge in [-0.25, -0.2) is 4.98 Å². The van der Waals surface area contributed by atoms with E-state index in [2.05, 4.69) is 36.8 Å². The van der Waals surface area contributed by atoms with Crippen LogP contribution in [0.1, 0.15) is 16.2 Å². The molecule has 5 heteroatoms. The number of ketones is 1. The van der Waals surface area contributed by atoms with Gasteiger partial charge in [0, 0.05) is 5.33 Å². The van der Waals surface area contributed by atoms with Gasteiger partial charge < -0.3 is 4.42 Å². The second-order valence-corrected chi connectivity index (χ2v) is 4.13. The minimum Gasteiger partial charge on any atom is -0.434 e. The summed E-state index contributed by atoms with van der Waals surface area (Å²) in [7, 11) is 0. The molecule has 0 aliphatic heterocycles. The Morgan fingerprint density at radius 3 is 2.87 bits per heavy atom. The molecule has 0 fully saturated rings. The van der Waals surface area contributed by atoms with E-state index in [0.29, 0.717) is 5.58 Å². The first kappa shape index (κ1) is 10.8. The lowest BCUT2D eigenvalue weighted by molar-refractivity contribution is 0.0989. The van der Waals surface area contributed by atoms with Crippen molar-refractivity contribution in [3.8, 4) is 0 Å². The monoisotopic (exact) mass is 331 g/mol. The standard InChI is InChI=1S/C10H7Br2NO2/c11-4-6-1-2-9-7(3-6)13-10(15-9)8(14)5-12/h1-3H,4-5H2. The van der Waals surface area contributed by atoms with Crippen LogP contribution in [0.5, 0.6) is 0 Å². The van der Waals surface area contributed by atoms with Crippen LogP contribution in [0, 0.1) is 0 Å². The van der Waals surface area contributed by atoms with Crippen LogP contribution in [-0.4, -0.2) is 16.1 Å². The van der Waals surface area contributed by atoms with E-state index in [4.69, 9.17) is 4.42 Å². The van der Waals surface area contributed by atoms with E-state index in [0.717, 1.165) is 16.4 Å². The third-order valence-electron chi connectivity index (χ3n) is 1.97. The molecule has 0 N–H and O–H groups in total. The Hall–Kier alpha value is -0.680. The van der Waals surface area contributed by atoms with Crippen LogP contribution in [0.25, 0.3) is 11.1 Å². The zero-order valence-electron chi connectivity index (χ0n) is 7.67. The first-order valence-corrected chi connectivity index (χ1v) is 6.53. The second-order valence-electron chi connectivity index (χ2n) is 3.01. The molecule has 0 atom stereocenters. The number of rotatable bonds is 3. The lowest BCUT2D eigenvalue weighted by atomic mass is 10.2. The van der Waals surface area contributed by atoms with Crippen molar-refractivity contribution in [2.45, 2.75) is 5.33 Å². The normalized spacial score (nSPS) is 10.8. The SMILES string of the molecule is O=C(CBr)c1nc2cc(CBr)ccc2o1. The summed E-state index contributed by atoms with van der Waals surface area (Å²) in [5.41, 5.74) is 2.47. The Morgan fingerprint density at radius 1 is 1.40 bits per heavy atom. The third kappa shape index (κ3) is 2.13. The highest BCUT2D eigenvalue weighted by atomic mass is 79.9. The molecule has 0 bridgehead atoms. The zero-order chi connectivity index (χ0) is 10.8. The number of fused-ring (bicyclic) bond motifs is 1. The second kappa shape index (κ2) is 4.45. The molecule has 0 unspecified atom stereocenters. The van der Waals surface area contributed by atoms with Gasteiger partial charge in [-0.3, -0.25) is 4.79 Å². The first-order chi connectivity index (χ1) is 7.24. The highest BCUT2D eigenvalue weighted by Crippen LogP contribution is 2.19. The fourth-order valence-electron chi connectivity index (χ4n) is 1.23. The highest BCUT2D eigenvalue weighted by molar-refractivity contribution is 9.09. The smallest absolute Gasteiger partial charge is 0.265 e. The number of benzene rings is 1. The summed E-state index contributed by atoms with van der Waals surface area (Å²) in [4.78, 5) is 15.5. The van der Waals surface area contributed by atoms with Crippen molar-refractivity contribution in [1.29, 1.82) is 0 Å². The van der Waals surface area contributed by atoms with E-state index in [-0.39, 0.29) is 17.0 Å². The van der Waals surface area contributed by atoms with Crippen LogP contribution in [0.4, 0.5) is 0 Å². The Balaban J connectivity index is 2.51. The summed E-state index contributed by atoms with van der Waals surface area (Å²) in [6.45, 7) is 0. The summed E-state index contributed by atoms with van der Waals surface area (Å²) in [6, 6.07) is 5.66. The van der Waals surface area contributed by atoms with Gasteiger partial charge in [-0.05, 0) is 17.7 Å². The van der Waals surface area contributed by atoms with Gasteiger partial charge in [-0.15, -0.1) is 0 Å². The van der Waals surface area contributed by atoms with E-state index < -0.39 is 0 Å². The van der Waals surface area contributed by atoms with Crippen molar-refractivity contribution in [1.82, 2.24) is 4.98 Å². The van der Waals surface area contributed by atoms with Crippen molar-refractivity contribution >= 4 is 48.7 Å². The van der Waals surface area contributed by atoms with E-state index in [1.165, 1.54) is 0 Å². The molecule has 0 aliphatic rings. The van der Waals surface area contributed by atoms with Crippen LogP contribution >= 0.6 is 31.9 Å². The molecule has 3 nitrogen and oxygen atoms in total. The van der Waals surface area contributed by atoms with Crippen LogP contribution in [0.15, 0.2) is 22.6 Å². The van der Waals surface area contributed by atoms with E-state index >= 15 is 0 Å². The Kier molecular flexibility index (Phi) is 3.21. The third-order valence-corrected chi connectivity index (χ3v) is 3.12. The number of oxazole rings is 1. The minimum absolute atomic E-state index is 0.147. The predicted molar refractivity (Wildman–Crippen MR) is 64.8 cm³/mol. The largest absolute Gasteiger partial charge is 0.434 e. The minimum atomic E-state index is -0.147. The average Bonchev–Trinajstić information content (AvgIpc) is 2.70. The van der Waals surface area contributed by atoms with Crippen LogP contribution in [0.2, 0.25) is 0 Å². The van der Waals surface area contributed by atoms with Gasteiger partial charge in [0.05, 0.1) is 5.33 Å². The maximum Gasteiger partial charge on any atom is 0.265 e. The number of hydrogen-bond acceptors (Lipinski definition) is 3. The van der Waals surface area contributed by atoms with E-state index in [1.807, 2.05) is 18.2 Å². The number of hydrogen-bond donors (Lipinski definition) is 0. The van der Waals surface area contributed by atoms with Crippen LogP contribution in [-0.2, 0) is 5.33 Å². The number of nitrogens with zero attached hydrogens (tertiary/aromatic N) is 1. The summed E-state index contributed by atoms with van der Waals surface area (Å²) in [5.74, 6) is 0.0141. The summed E-state index contributed by atoms with van der Waals surface area (Å²) in [5, 5.41) is 0.989. The molecular formula is C10H7Br2NO2. The lowest BCUT2D eigenvalue weighted by Gasteiger charge is -1.91. The average molecular weight is 333 g/mol. The van der Waals surface area contributed by atoms with Gasteiger partial charge in [-0.2, -0.15) is 0 Å². The maximum absolute atomic E-state index is 11.3. The molecule has 15 heavy (non-hydrogen) atoms. The number of carbonyl (C=O) groups is 1. The topological polar surface area (TPSA) is 43.1 Å². The van der Waals surface area contributed by atoms with Gasteiger partial charge in [0.25, 0.3) is 5.89 Å². The molecule has 1 aromatic carbocycles. The Morgan fingerprint density at radius 2 is 2.20 bits per heavy atom. The fraction of sp³-hybridized carbons (Fsp3) is 0.200. The van der Waals surface area contributed by atoms with E-state index in [9.17, 15) is 4.79 Å². The van der Waals surface area contributed by atoms with Gasteiger partial charge in [0.2, 0.25) is 5.78 Å². The van der Waals surface area contributed by atoms with Crippen molar-refractivity contribution in [3.63, 3.8) is 0 Å². The number of carbonyl (C=O) groups excluding carboxylic acids is 1. The van der Waals surface area contributed by atoms with Crippen molar-refractivity contribution in [2.75, 3.05) is 5.33 Å². The molecule has 0 amide bonds. The summed E-state index contributed by atoms with van der Waals surface area (Å²) in [6.07, 6.45) is 0. The van der Waals surface area contributed by atoms with Gasteiger partial charge in [0.1, 0.15) is 5.52 Å². The molecule has 0 spiro atoms. The van der Waals surface area contributed by atoms with Crippen LogP contribution < -0.4 is 0 Å². The molecule has 0 saturated heterocycles. The zero-order valence-corrected chi connectivity index (χ0v) is 10.8. The van der Waals surface area contributed by atoms with Crippen molar-refractivity contribution in [3.05, 3.63) is 29.7 Å². The maximum atomic E-state index is 11.3. The summed E-state index contributed by atoms with van der Waals surface area (Å²) < 4.78 is 5.31. The molecule has 1 heterocycles. The fourth-order valence-corrected chi connectivity index (χ4v) is 1.82. The molecule has 0 aliphatic carbocycles. The van der Waals surface area contributed by atoms with Crippen molar-refractivity contribution < 1.29 is 9.21 Å².